The van der Waals surface area contributed by atoms with E-state index in [1.54, 1.807) is 0 Å². The fourth-order valence-corrected chi connectivity index (χ4v) is 7.14. The van der Waals surface area contributed by atoms with E-state index in [0.717, 1.165) is 56.5 Å². The first-order chi connectivity index (χ1) is 12.5. The molecule has 0 aromatic rings. The van der Waals surface area contributed by atoms with E-state index >= 15 is 0 Å². The van der Waals surface area contributed by atoms with Crippen molar-refractivity contribution in [2.45, 2.75) is 77.2 Å². The van der Waals surface area contributed by atoms with Crippen molar-refractivity contribution >= 4 is 11.8 Å². The quantitative estimate of drug-likeness (QED) is 0.838. The first-order valence-electron chi connectivity index (χ1n) is 11.1. The molecule has 6 rings (SSSR count). The molecule has 1 heterocycles. The summed E-state index contributed by atoms with van der Waals surface area (Å²) in [4.78, 5) is 27.1. The van der Waals surface area contributed by atoms with Crippen molar-refractivity contribution in [1.82, 2.24) is 10.2 Å². The number of nitrogens with zero attached hydrogens (tertiary/aromatic N) is 1. The molecule has 1 N–H and O–H groups in total. The SMILES string of the molecule is CC(NC(=O)C1CCN(C(=O)C2CC2)CC1)C12CC3CC(CC(C3)C1)C2. The molecule has 0 radical (unpaired) electrons. The Balaban J connectivity index is 1.16. The van der Waals surface area contributed by atoms with Crippen LogP contribution in [-0.2, 0) is 9.59 Å². The van der Waals surface area contributed by atoms with E-state index in [2.05, 4.69) is 12.2 Å². The topological polar surface area (TPSA) is 49.4 Å². The summed E-state index contributed by atoms with van der Waals surface area (Å²) in [5.41, 5.74) is 0.382. The maximum absolute atomic E-state index is 12.9. The molecule has 1 unspecified atom stereocenters. The number of amides is 2. The normalized spacial score (nSPS) is 40.5. The molecule has 1 aliphatic heterocycles. The first kappa shape index (κ1) is 17.1. The second kappa shape index (κ2) is 6.24. The van der Waals surface area contributed by atoms with Crippen molar-refractivity contribution in [2.24, 2.45) is 35.0 Å². The van der Waals surface area contributed by atoms with Crippen LogP contribution in [0.1, 0.15) is 71.1 Å². The van der Waals surface area contributed by atoms with Gasteiger partial charge in [-0.15, -0.1) is 0 Å². The lowest BCUT2D eigenvalue weighted by Crippen LogP contribution is -2.57. The Kier molecular flexibility index (Phi) is 4.09. The van der Waals surface area contributed by atoms with E-state index in [1.807, 2.05) is 4.90 Å². The van der Waals surface area contributed by atoms with Crippen LogP contribution < -0.4 is 5.32 Å². The lowest BCUT2D eigenvalue weighted by Gasteiger charge is -2.59. The molecule has 26 heavy (non-hydrogen) atoms. The van der Waals surface area contributed by atoms with Crippen molar-refractivity contribution in [2.75, 3.05) is 13.1 Å². The predicted molar refractivity (Wildman–Crippen MR) is 100 cm³/mol. The number of nitrogens with one attached hydrogen (secondary N) is 1. The number of carbonyl (C=O) groups excluding carboxylic acids is 2. The van der Waals surface area contributed by atoms with Gasteiger partial charge >= 0.3 is 0 Å². The zero-order valence-corrected chi connectivity index (χ0v) is 16.2. The van der Waals surface area contributed by atoms with Gasteiger partial charge in [0.05, 0.1) is 0 Å². The van der Waals surface area contributed by atoms with Crippen molar-refractivity contribution in [1.29, 1.82) is 0 Å². The number of carbonyl (C=O) groups is 2. The molecule has 6 aliphatic rings. The van der Waals surface area contributed by atoms with E-state index in [4.69, 9.17) is 0 Å². The highest BCUT2D eigenvalue weighted by molar-refractivity contribution is 5.82. The van der Waals surface area contributed by atoms with Gasteiger partial charge in [-0.1, -0.05) is 0 Å². The number of rotatable bonds is 4. The van der Waals surface area contributed by atoms with E-state index in [0.29, 0.717) is 23.3 Å². The lowest BCUT2D eigenvalue weighted by atomic mass is 9.48. The maximum atomic E-state index is 12.9. The molecule has 5 saturated carbocycles. The van der Waals surface area contributed by atoms with Crippen LogP contribution in [0.25, 0.3) is 0 Å². The van der Waals surface area contributed by atoms with Crippen LogP contribution in [-0.4, -0.2) is 35.8 Å². The Labute approximate surface area is 157 Å². The Morgan fingerprint density at radius 2 is 1.42 bits per heavy atom. The van der Waals surface area contributed by atoms with Gasteiger partial charge in [0.1, 0.15) is 0 Å². The summed E-state index contributed by atoms with van der Waals surface area (Å²) >= 11 is 0. The number of piperidine rings is 1. The van der Waals surface area contributed by atoms with Gasteiger partial charge in [-0.25, -0.2) is 0 Å². The van der Waals surface area contributed by atoms with Crippen molar-refractivity contribution in [3.8, 4) is 0 Å². The third-order valence-corrected chi connectivity index (χ3v) is 8.47. The molecule has 0 aromatic carbocycles. The van der Waals surface area contributed by atoms with Crippen LogP contribution in [0.2, 0.25) is 0 Å². The molecular formula is C22H34N2O2. The standard InChI is InChI=1S/C22H34N2O2/c1-14(22-11-15-8-16(12-22)10-17(9-15)13-22)23-20(25)18-4-6-24(7-5-18)21(26)19-2-3-19/h14-19H,2-13H2,1H3,(H,23,25). The van der Waals surface area contributed by atoms with Gasteiger partial charge in [-0.3, -0.25) is 9.59 Å². The predicted octanol–water partition coefficient (Wildman–Crippen LogP) is 3.36. The molecule has 2 amide bonds. The van der Waals surface area contributed by atoms with Crippen LogP contribution >= 0.6 is 0 Å². The Hall–Kier alpha value is -1.06. The van der Waals surface area contributed by atoms with Crippen LogP contribution in [0.15, 0.2) is 0 Å². The molecular weight excluding hydrogens is 324 g/mol. The van der Waals surface area contributed by atoms with Crippen LogP contribution in [0.5, 0.6) is 0 Å². The fraction of sp³-hybridized carbons (Fsp3) is 0.909. The molecule has 4 nitrogen and oxygen atoms in total. The van der Waals surface area contributed by atoms with Gasteiger partial charge in [0, 0.05) is 31.0 Å². The third-order valence-electron chi connectivity index (χ3n) is 8.47. The molecule has 6 fully saturated rings. The summed E-state index contributed by atoms with van der Waals surface area (Å²) in [6.45, 7) is 3.83. The molecule has 4 bridgehead atoms. The molecule has 4 heteroatoms. The molecule has 5 aliphatic carbocycles. The van der Waals surface area contributed by atoms with Gasteiger partial charge in [0.15, 0.2) is 0 Å². The average Bonchev–Trinajstić information content (AvgIpc) is 3.45. The second-order valence-electron chi connectivity index (χ2n) is 10.4. The van der Waals surface area contributed by atoms with Gasteiger partial charge in [0.2, 0.25) is 11.8 Å². The molecule has 144 valence electrons. The molecule has 0 aromatic heterocycles. The molecule has 1 atom stereocenters. The molecule has 1 saturated heterocycles. The number of hydrogen-bond donors (Lipinski definition) is 1. The van der Waals surface area contributed by atoms with Gasteiger partial charge in [-0.2, -0.15) is 0 Å². The Morgan fingerprint density at radius 3 is 1.92 bits per heavy atom. The van der Waals surface area contributed by atoms with E-state index in [-0.39, 0.29) is 11.8 Å². The monoisotopic (exact) mass is 358 g/mol. The highest BCUT2D eigenvalue weighted by Gasteiger charge is 2.53. The fourth-order valence-electron chi connectivity index (χ4n) is 7.14. The smallest absolute Gasteiger partial charge is 0.225 e. The maximum Gasteiger partial charge on any atom is 0.225 e. The minimum Gasteiger partial charge on any atom is -0.353 e. The zero-order chi connectivity index (χ0) is 17.9. The van der Waals surface area contributed by atoms with E-state index in [9.17, 15) is 9.59 Å². The van der Waals surface area contributed by atoms with Crippen LogP contribution in [0, 0.1) is 35.0 Å². The van der Waals surface area contributed by atoms with Crippen molar-refractivity contribution < 1.29 is 9.59 Å². The Morgan fingerprint density at radius 1 is 0.885 bits per heavy atom. The number of hydrogen-bond acceptors (Lipinski definition) is 2. The Bertz CT molecular complexity index is 554. The average molecular weight is 359 g/mol. The summed E-state index contributed by atoms with van der Waals surface area (Å²) in [7, 11) is 0. The van der Waals surface area contributed by atoms with Gasteiger partial charge in [-0.05, 0) is 94.3 Å². The highest BCUT2D eigenvalue weighted by Crippen LogP contribution is 2.61. The molecule has 0 spiro atoms. The third kappa shape index (κ3) is 2.97. The second-order valence-corrected chi connectivity index (χ2v) is 10.4. The largest absolute Gasteiger partial charge is 0.353 e. The van der Waals surface area contributed by atoms with Crippen molar-refractivity contribution in [3.05, 3.63) is 0 Å². The summed E-state index contributed by atoms with van der Waals surface area (Å²) < 4.78 is 0. The summed E-state index contributed by atoms with van der Waals surface area (Å²) in [6, 6.07) is 0.314. The summed E-state index contributed by atoms with van der Waals surface area (Å²) in [6.07, 6.45) is 12.2. The zero-order valence-electron chi connectivity index (χ0n) is 16.2. The van der Waals surface area contributed by atoms with Crippen LogP contribution in [0.3, 0.4) is 0 Å². The van der Waals surface area contributed by atoms with E-state index in [1.165, 1.54) is 38.5 Å². The summed E-state index contributed by atoms with van der Waals surface area (Å²) in [5, 5.41) is 3.44. The van der Waals surface area contributed by atoms with Crippen molar-refractivity contribution in [3.63, 3.8) is 0 Å². The van der Waals surface area contributed by atoms with Gasteiger partial charge < -0.3 is 10.2 Å². The minimum atomic E-state index is 0.106. The van der Waals surface area contributed by atoms with Crippen LogP contribution in [0.4, 0.5) is 0 Å². The number of likely N-dealkylation sites (tertiary alicyclic amines) is 1. The summed E-state index contributed by atoms with van der Waals surface area (Å²) in [5.74, 6) is 3.79. The lowest BCUT2D eigenvalue weighted by molar-refractivity contribution is -0.138. The minimum absolute atomic E-state index is 0.106. The van der Waals surface area contributed by atoms with E-state index < -0.39 is 0 Å². The first-order valence-corrected chi connectivity index (χ1v) is 11.1. The highest BCUT2D eigenvalue weighted by atomic mass is 16.2. The van der Waals surface area contributed by atoms with Gasteiger partial charge in [0.25, 0.3) is 0 Å².